The maximum absolute atomic E-state index is 14.8. The fraction of sp³-hybridized carbons (Fsp3) is 0.622. The third-order valence-corrected chi connectivity index (χ3v) is 8.38. The Kier molecular flexibility index (Phi) is 17.4. The van der Waals surface area contributed by atoms with E-state index >= 15 is 0 Å². The summed E-state index contributed by atoms with van der Waals surface area (Å²) in [7, 11) is 0. The van der Waals surface area contributed by atoms with Crippen LogP contribution in [0.4, 0.5) is 26.3 Å². The molecule has 0 spiro atoms. The minimum Gasteiger partial charge on any atom is -0.462 e. The molecule has 0 radical (unpaired) electrons. The minimum absolute atomic E-state index is 0.00478. The number of alkyl halides is 6. The first kappa shape index (κ1) is 40.1. The molecular formula is C37H50F6O4. The normalized spacial score (nSPS) is 12.3. The van der Waals surface area contributed by atoms with E-state index in [9.17, 15) is 35.9 Å². The van der Waals surface area contributed by atoms with E-state index in [0.29, 0.717) is 37.1 Å². The van der Waals surface area contributed by atoms with E-state index in [0.717, 1.165) is 101 Å². The maximum atomic E-state index is 14.8. The van der Waals surface area contributed by atoms with Gasteiger partial charge in [-0.2, -0.15) is 26.3 Å². The van der Waals surface area contributed by atoms with Gasteiger partial charge >= 0.3 is 24.3 Å². The zero-order valence-corrected chi connectivity index (χ0v) is 27.7. The van der Waals surface area contributed by atoms with Crippen molar-refractivity contribution < 1.29 is 45.4 Å². The van der Waals surface area contributed by atoms with Crippen LogP contribution in [0.25, 0.3) is 0 Å². The number of esters is 2. The molecule has 0 aliphatic heterocycles. The summed E-state index contributed by atoms with van der Waals surface area (Å²) in [6.07, 6.45) is 4.08. The molecule has 0 heterocycles. The lowest BCUT2D eigenvalue weighted by Gasteiger charge is -2.38. The van der Waals surface area contributed by atoms with E-state index in [-0.39, 0.29) is 13.2 Å². The first-order chi connectivity index (χ1) is 22.4. The van der Waals surface area contributed by atoms with Gasteiger partial charge in [-0.3, -0.25) is 0 Å². The number of rotatable bonds is 22. The monoisotopic (exact) mass is 672 g/mol. The summed E-state index contributed by atoms with van der Waals surface area (Å²) < 4.78 is 99.1. The summed E-state index contributed by atoms with van der Waals surface area (Å²) in [5, 5.41) is 0. The predicted octanol–water partition coefficient (Wildman–Crippen LogP) is 11.7. The van der Waals surface area contributed by atoms with Gasteiger partial charge in [-0.15, -0.1) is 0 Å². The summed E-state index contributed by atoms with van der Waals surface area (Å²) in [5.74, 6) is -2.02. The number of carbonyl (C=O) groups excluding carboxylic acids is 2. The highest BCUT2D eigenvalue weighted by Crippen LogP contribution is 2.56. The Morgan fingerprint density at radius 3 is 1.15 bits per heavy atom. The molecule has 0 saturated carbocycles. The van der Waals surface area contributed by atoms with Crippen LogP contribution in [0.2, 0.25) is 0 Å². The van der Waals surface area contributed by atoms with E-state index in [1.807, 2.05) is 0 Å². The van der Waals surface area contributed by atoms with E-state index in [4.69, 9.17) is 9.47 Å². The Bertz CT molecular complexity index is 1110. The molecule has 10 heteroatoms. The number of carbonyl (C=O) groups is 2. The van der Waals surface area contributed by atoms with Gasteiger partial charge in [0, 0.05) is 0 Å². The Labute approximate surface area is 275 Å². The van der Waals surface area contributed by atoms with Gasteiger partial charge in [0.2, 0.25) is 5.41 Å². The Balaban J connectivity index is 2.19. The molecule has 0 aliphatic carbocycles. The maximum Gasteiger partial charge on any atom is 0.411 e. The van der Waals surface area contributed by atoms with E-state index in [1.165, 1.54) is 12.8 Å². The molecule has 0 unspecified atom stereocenters. The van der Waals surface area contributed by atoms with Crippen LogP contribution in [0, 0.1) is 0 Å². The third kappa shape index (κ3) is 12.2. The molecule has 0 fully saturated rings. The van der Waals surface area contributed by atoms with Gasteiger partial charge in [0.15, 0.2) is 0 Å². The largest absolute Gasteiger partial charge is 0.462 e. The minimum atomic E-state index is -5.88. The number of hydrogen-bond donors (Lipinski definition) is 0. The zero-order chi connectivity index (χ0) is 34.8. The highest BCUT2D eigenvalue weighted by Gasteiger charge is 2.72. The van der Waals surface area contributed by atoms with Gasteiger partial charge in [-0.1, -0.05) is 128 Å². The van der Waals surface area contributed by atoms with Gasteiger partial charge in [0.25, 0.3) is 0 Å². The molecule has 0 aromatic heterocycles. The van der Waals surface area contributed by atoms with Gasteiger partial charge in [0.05, 0.1) is 24.3 Å². The van der Waals surface area contributed by atoms with E-state index < -0.39 is 52.0 Å². The molecule has 47 heavy (non-hydrogen) atoms. The highest BCUT2D eigenvalue weighted by atomic mass is 19.4. The third-order valence-electron chi connectivity index (χ3n) is 8.38. The fourth-order valence-corrected chi connectivity index (χ4v) is 5.71. The second-order valence-corrected chi connectivity index (χ2v) is 12.1. The molecule has 0 N–H and O–H groups in total. The molecule has 0 saturated heterocycles. The standard InChI is InChI=1S/C37H50F6O4/c1-3-5-7-9-11-13-15-17-25-46-33(44)29-21-19-23-31(27-29)35(36(38,39)40,37(41,42)43)32-24-20-22-30(28-32)34(45)47-26-18-16-14-12-10-8-6-4-2/h19-24,27-28H,3-18,25-26H2,1-2H3. The number of halogens is 6. The van der Waals surface area contributed by atoms with Crippen LogP contribution in [0.3, 0.4) is 0 Å². The van der Waals surface area contributed by atoms with Crippen molar-refractivity contribution in [3.8, 4) is 0 Å². The van der Waals surface area contributed by atoms with Crippen molar-refractivity contribution in [1.29, 1.82) is 0 Å². The van der Waals surface area contributed by atoms with Crippen LogP contribution in [0.5, 0.6) is 0 Å². The van der Waals surface area contributed by atoms with Crippen molar-refractivity contribution in [2.45, 2.75) is 134 Å². The Morgan fingerprint density at radius 1 is 0.511 bits per heavy atom. The lowest BCUT2D eigenvalue weighted by atomic mass is 9.72. The molecule has 4 nitrogen and oxygen atoms in total. The van der Waals surface area contributed by atoms with E-state index in [1.54, 1.807) is 0 Å². The van der Waals surface area contributed by atoms with Gasteiger partial charge in [-0.25, -0.2) is 9.59 Å². The molecule has 0 aliphatic rings. The molecular weight excluding hydrogens is 622 g/mol. The molecule has 2 aromatic rings. The number of ether oxygens (including phenoxy) is 2. The van der Waals surface area contributed by atoms with Crippen molar-refractivity contribution >= 4 is 11.9 Å². The first-order valence-electron chi connectivity index (χ1n) is 17.1. The van der Waals surface area contributed by atoms with Crippen molar-refractivity contribution in [1.82, 2.24) is 0 Å². The lowest BCUT2D eigenvalue weighted by Crippen LogP contribution is -2.54. The quantitative estimate of drug-likeness (QED) is 0.0710. The van der Waals surface area contributed by atoms with Crippen LogP contribution >= 0.6 is 0 Å². The Morgan fingerprint density at radius 2 is 0.830 bits per heavy atom. The van der Waals surface area contributed by atoms with Crippen LogP contribution in [0.15, 0.2) is 48.5 Å². The average Bonchev–Trinajstić information content (AvgIpc) is 3.02. The second kappa shape index (κ2) is 20.4. The first-order valence-corrected chi connectivity index (χ1v) is 17.1. The smallest absolute Gasteiger partial charge is 0.411 e. The predicted molar refractivity (Wildman–Crippen MR) is 172 cm³/mol. The molecule has 0 atom stereocenters. The van der Waals surface area contributed by atoms with Crippen molar-refractivity contribution in [2.75, 3.05) is 13.2 Å². The molecule has 2 aromatic carbocycles. The summed E-state index contributed by atoms with van der Waals surface area (Å²) in [6.45, 7) is 4.27. The molecule has 2 rings (SSSR count). The van der Waals surface area contributed by atoms with Crippen molar-refractivity contribution in [3.05, 3.63) is 70.8 Å². The summed E-state index contributed by atoms with van der Waals surface area (Å²) in [4.78, 5) is 25.4. The number of benzene rings is 2. The topological polar surface area (TPSA) is 52.6 Å². The van der Waals surface area contributed by atoms with Crippen molar-refractivity contribution in [2.24, 2.45) is 0 Å². The number of unbranched alkanes of at least 4 members (excludes halogenated alkanes) is 14. The molecule has 0 bridgehead atoms. The summed E-state index contributed by atoms with van der Waals surface area (Å²) in [6, 6.07) is 6.70. The highest BCUT2D eigenvalue weighted by molar-refractivity contribution is 5.90. The summed E-state index contributed by atoms with van der Waals surface area (Å²) in [5.41, 5.74) is -7.80. The van der Waals surface area contributed by atoms with Gasteiger partial charge in [-0.05, 0) is 48.2 Å². The van der Waals surface area contributed by atoms with Crippen LogP contribution in [-0.2, 0) is 14.9 Å². The lowest BCUT2D eigenvalue weighted by molar-refractivity contribution is -0.288. The molecule has 264 valence electrons. The van der Waals surface area contributed by atoms with Crippen LogP contribution in [-0.4, -0.2) is 37.5 Å². The average molecular weight is 673 g/mol. The van der Waals surface area contributed by atoms with Gasteiger partial charge < -0.3 is 9.47 Å². The summed E-state index contributed by atoms with van der Waals surface area (Å²) >= 11 is 0. The Hall–Kier alpha value is -3.04. The zero-order valence-electron chi connectivity index (χ0n) is 27.7. The molecule has 0 amide bonds. The fourth-order valence-electron chi connectivity index (χ4n) is 5.71. The second-order valence-electron chi connectivity index (χ2n) is 12.1. The SMILES string of the molecule is CCCCCCCCCCOC(=O)c1cccc(C(c2cccc(C(=O)OCCCCCCCCCC)c2)(C(F)(F)F)C(F)(F)F)c1. The van der Waals surface area contributed by atoms with Crippen LogP contribution < -0.4 is 0 Å². The van der Waals surface area contributed by atoms with Crippen molar-refractivity contribution in [3.63, 3.8) is 0 Å². The van der Waals surface area contributed by atoms with E-state index in [2.05, 4.69) is 13.8 Å². The number of hydrogen-bond acceptors (Lipinski definition) is 4. The van der Waals surface area contributed by atoms with Crippen LogP contribution in [0.1, 0.15) is 148 Å². The van der Waals surface area contributed by atoms with Gasteiger partial charge in [0.1, 0.15) is 0 Å².